The second kappa shape index (κ2) is 11.9. The van der Waals surface area contributed by atoms with E-state index < -0.39 is 6.16 Å². The molecule has 1 aliphatic carbocycles. The van der Waals surface area contributed by atoms with Crippen molar-refractivity contribution >= 4 is 6.16 Å². The van der Waals surface area contributed by atoms with Gasteiger partial charge in [-0.2, -0.15) is 0 Å². The molecular formula is C40H45NO3. The van der Waals surface area contributed by atoms with E-state index >= 15 is 0 Å². The van der Waals surface area contributed by atoms with Gasteiger partial charge in [0.15, 0.2) is 0 Å². The quantitative estimate of drug-likeness (QED) is 0.229. The Hall–Kier alpha value is -3.89. The molecular weight excluding hydrogens is 542 g/mol. The van der Waals surface area contributed by atoms with Gasteiger partial charge >= 0.3 is 6.16 Å². The second-order valence-corrected chi connectivity index (χ2v) is 14.5. The molecule has 2 aliphatic rings. The van der Waals surface area contributed by atoms with Gasteiger partial charge in [-0.3, -0.25) is 0 Å². The average molecular weight is 588 g/mol. The van der Waals surface area contributed by atoms with E-state index in [2.05, 4.69) is 132 Å². The molecule has 1 aliphatic heterocycles. The van der Waals surface area contributed by atoms with Crippen molar-refractivity contribution in [3.05, 3.63) is 130 Å². The Balaban J connectivity index is 1.15. The van der Waals surface area contributed by atoms with Crippen molar-refractivity contribution < 1.29 is 14.3 Å². The Labute approximate surface area is 262 Å². The molecule has 0 saturated carbocycles. The molecule has 1 saturated heterocycles. The van der Waals surface area contributed by atoms with Gasteiger partial charge in [-0.05, 0) is 55.3 Å². The number of hydrogen-bond acceptors (Lipinski definition) is 4. The van der Waals surface area contributed by atoms with E-state index in [1.54, 1.807) is 0 Å². The number of carbonyl (C=O) groups is 1. The molecule has 0 aromatic heterocycles. The molecule has 4 nitrogen and oxygen atoms in total. The summed E-state index contributed by atoms with van der Waals surface area (Å²) in [5.74, 6) is 0.148. The standard InChI is InChI=1S/C40H45NO3/c1-39(2,3)28-19-15-26(16-20-28)37(27-17-21-29(22-18-27)40(4,5)6)36-23-30(24-41-36)44-38(42)43-25-35-33-13-9-7-11-31(33)32-12-8-10-14-34(32)35/h7-22,30,35-37,41H,23-25H2,1-6H3/t30-,36-/m1/s1. The Morgan fingerprint density at radius 2 is 1.20 bits per heavy atom. The van der Waals surface area contributed by atoms with Crippen molar-refractivity contribution in [2.45, 2.75) is 82.8 Å². The van der Waals surface area contributed by atoms with Crippen LogP contribution in [0.5, 0.6) is 0 Å². The van der Waals surface area contributed by atoms with Crippen molar-refractivity contribution in [3.8, 4) is 11.1 Å². The summed E-state index contributed by atoms with van der Waals surface area (Å²) in [6, 6.07) is 35.0. The minimum Gasteiger partial charge on any atom is -0.433 e. The van der Waals surface area contributed by atoms with E-state index in [1.165, 1.54) is 44.5 Å². The Morgan fingerprint density at radius 1 is 0.727 bits per heavy atom. The van der Waals surface area contributed by atoms with E-state index in [9.17, 15) is 4.79 Å². The molecule has 1 heterocycles. The molecule has 4 heteroatoms. The molecule has 0 spiro atoms. The predicted molar refractivity (Wildman–Crippen MR) is 178 cm³/mol. The summed E-state index contributed by atoms with van der Waals surface area (Å²) < 4.78 is 11.7. The lowest BCUT2D eigenvalue weighted by Crippen LogP contribution is -2.30. The third-order valence-corrected chi connectivity index (χ3v) is 9.39. The van der Waals surface area contributed by atoms with Crippen LogP contribution in [0.25, 0.3) is 11.1 Å². The van der Waals surface area contributed by atoms with E-state index in [0.29, 0.717) is 6.54 Å². The minimum atomic E-state index is -0.597. The van der Waals surface area contributed by atoms with Gasteiger partial charge < -0.3 is 14.8 Å². The molecule has 0 amide bonds. The van der Waals surface area contributed by atoms with Crippen LogP contribution in [-0.4, -0.2) is 31.5 Å². The summed E-state index contributed by atoms with van der Waals surface area (Å²) in [5, 5.41) is 3.69. The van der Waals surface area contributed by atoms with Gasteiger partial charge in [-0.1, -0.05) is 139 Å². The number of hydrogen-bond donors (Lipinski definition) is 1. The van der Waals surface area contributed by atoms with Crippen LogP contribution in [0.2, 0.25) is 0 Å². The van der Waals surface area contributed by atoms with E-state index in [0.717, 1.165) is 6.42 Å². The van der Waals surface area contributed by atoms with E-state index in [1.807, 2.05) is 12.1 Å². The molecule has 1 fully saturated rings. The zero-order chi connectivity index (χ0) is 31.1. The molecule has 0 unspecified atom stereocenters. The lowest BCUT2D eigenvalue weighted by molar-refractivity contribution is 0.0273. The highest BCUT2D eigenvalue weighted by molar-refractivity contribution is 5.79. The van der Waals surface area contributed by atoms with Crippen LogP contribution < -0.4 is 5.32 Å². The highest BCUT2D eigenvalue weighted by atomic mass is 16.7. The highest BCUT2D eigenvalue weighted by Crippen LogP contribution is 2.44. The molecule has 6 rings (SSSR count). The smallest absolute Gasteiger partial charge is 0.433 e. The minimum absolute atomic E-state index is 0.0147. The lowest BCUT2D eigenvalue weighted by atomic mass is 9.80. The number of ether oxygens (including phenoxy) is 2. The van der Waals surface area contributed by atoms with Crippen molar-refractivity contribution in [3.63, 3.8) is 0 Å². The Kier molecular flexibility index (Phi) is 8.15. The second-order valence-electron chi connectivity index (χ2n) is 14.5. The first kappa shape index (κ1) is 30.1. The van der Waals surface area contributed by atoms with Gasteiger partial charge in [-0.25, -0.2) is 4.79 Å². The fraction of sp³-hybridized carbons (Fsp3) is 0.375. The maximum Gasteiger partial charge on any atom is 0.508 e. The maximum absolute atomic E-state index is 13.0. The monoisotopic (exact) mass is 587 g/mol. The summed E-state index contributed by atoms with van der Waals surface area (Å²) in [5.41, 5.74) is 10.2. The van der Waals surface area contributed by atoms with Crippen LogP contribution in [0.15, 0.2) is 97.1 Å². The van der Waals surface area contributed by atoms with E-state index in [-0.39, 0.29) is 41.4 Å². The van der Waals surface area contributed by atoms with Gasteiger partial charge in [-0.15, -0.1) is 0 Å². The van der Waals surface area contributed by atoms with Crippen molar-refractivity contribution in [2.24, 2.45) is 0 Å². The number of rotatable bonds is 6. The molecule has 2 atom stereocenters. The summed E-state index contributed by atoms with van der Waals surface area (Å²) in [6.07, 6.45) is -0.127. The average Bonchev–Trinajstić information content (AvgIpc) is 3.58. The zero-order valence-corrected chi connectivity index (χ0v) is 26.9. The maximum atomic E-state index is 13.0. The predicted octanol–water partition coefficient (Wildman–Crippen LogP) is 9.11. The largest absolute Gasteiger partial charge is 0.508 e. The van der Waals surface area contributed by atoms with Crippen molar-refractivity contribution in [1.29, 1.82) is 0 Å². The van der Waals surface area contributed by atoms with Crippen LogP contribution in [-0.2, 0) is 20.3 Å². The van der Waals surface area contributed by atoms with Gasteiger partial charge in [0.05, 0.1) is 0 Å². The number of carbonyl (C=O) groups excluding carboxylic acids is 1. The van der Waals surface area contributed by atoms with E-state index in [4.69, 9.17) is 9.47 Å². The molecule has 1 N–H and O–H groups in total. The summed E-state index contributed by atoms with van der Waals surface area (Å²) >= 11 is 0. The van der Waals surface area contributed by atoms with Gasteiger partial charge in [0, 0.05) is 30.8 Å². The molecule has 4 aromatic carbocycles. The number of nitrogens with one attached hydrogen (secondary N) is 1. The van der Waals surface area contributed by atoms with Gasteiger partial charge in [0.2, 0.25) is 0 Å². The Bertz CT molecular complexity index is 1510. The topological polar surface area (TPSA) is 47.6 Å². The summed E-state index contributed by atoms with van der Waals surface area (Å²) in [4.78, 5) is 13.0. The molecule has 0 radical (unpaired) electrons. The molecule has 4 aromatic rings. The molecule has 228 valence electrons. The fourth-order valence-corrected chi connectivity index (χ4v) is 6.88. The van der Waals surface area contributed by atoms with Crippen LogP contribution in [0.1, 0.15) is 93.2 Å². The summed E-state index contributed by atoms with van der Waals surface area (Å²) in [7, 11) is 0. The Morgan fingerprint density at radius 3 is 1.68 bits per heavy atom. The van der Waals surface area contributed by atoms with Crippen LogP contribution in [0.3, 0.4) is 0 Å². The third kappa shape index (κ3) is 6.19. The summed E-state index contributed by atoms with van der Waals surface area (Å²) in [6.45, 7) is 14.3. The highest BCUT2D eigenvalue weighted by Gasteiger charge is 2.36. The van der Waals surface area contributed by atoms with Crippen LogP contribution in [0, 0.1) is 0 Å². The van der Waals surface area contributed by atoms with Crippen LogP contribution in [0.4, 0.5) is 4.79 Å². The first-order valence-electron chi connectivity index (χ1n) is 15.9. The third-order valence-electron chi connectivity index (χ3n) is 9.39. The van der Waals surface area contributed by atoms with Gasteiger partial charge in [0.25, 0.3) is 0 Å². The zero-order valence-electron chi connectivity index (χ0n) is 26.9. The van der Waals surface area contributed by atoms with Gasteiger partial charge in [0.1, 0.15) is 12.7 Å². The first-order chi connectivity index (χ1) is 21.0. The number of benzene rings is 4. The number of fused-ring (bicyclic) bond motifs is 3. The van der Waals surface area contributed by atoms with Crippen LogP contribution >= 0.6 is 0 Å². The first-order valence-corrected chi connectivity index (χ1v) is 15.9. The SMILES string of the molecule is CC(C)(C)c1ccc(C(c2ccc(C(C)(C)C)cc2)[C@H]2C[C@@H](OC(=O)OCC3c4ccccc4-c4ccccc43)CN2)cc1. The molecule has 44 heavy (non-hydrogen) atoms. The lowest BCUT2D eigenvalue weighted by Gasteiger charge is -2.27. The molecule has 0 bridgehead atoms. The van der Waals surface area contributed by atoms with Crippen molar-refractivity contribution in [1.82, 2.24) is 5.32 Å². The normalized spacial score (nSPS) is 18.2. The van der Waals surface area contributed by atoms with Crippen molar-refractivity contribution in [2.75, 3.05) is 13.2 Å². The fourth-order valence-electron chi connectivity index (χ4n) is 6.88.